The van der Waals surface area contributed by atoms with E-state index in [2.05, 4.69) is 14.9 Å². The van der Waals surface area contributed by atoms with Crippen molar-refractivity contribution in [2.24, 2.45) is 0 Å². The zero-order valence-electron chi connectivity index (χ0n) is 13.6. The van der Waals surface area contributed by atoms with Crippen LogP contribution in [0, 0.1) is 6.92 Å². The number of likely N-dealkylation sites (N-methyl/N-ethyl adjacent to an activating group) is 1. The Morgan fingerprint density at radius 3 is 3.04 bits per heavy atom. The molecule has 0 bridgehead atoms. The number of amides is 1. The summed E-state index contributed by atoms with van der Waals surface area (Å²) in [5.41, 5.74) is 0.877. The molecule has 0 aliphatic carbocycles. The van der Waals surface area contributed by atoms with Gasteiger partial charge in [-0.15, -0.1) is 11.3 Å². The topological polar surface area (TPSA) is 49.3 Å². The molecule has 0 N–H and O–H groups in total. The summed E-state index contributed by atoms with van der Waals surface area (Å²) in [6.07, 6.45) is 4.33. The number of aryl methyl sites for hydroxylation is 1. The molecule has 5 nitrogen and oxygen atoms in total. The van der Waals surface area contributed by atoms with Crippen LogP contribution in [0.4, 0.5) is 5.82 Å². The number of hydrogen-bond donors (Lipinski definition) is 0. The third-order valence-corrected chi connectivity index (χ3v) is 5.13. The molecule has 1 aliphatic rings. The van der Waals surface area contributed by atoms with Gasteiger partial charge in [-0.2, -0.15) is 0 Å². The second kappa shape index (κ2) is 7.08. The Labute approximate surface area is 141 Å². The van der Waals surface area contributed by atoms with Crippen LogP contribution in [0.2, 0.25) is 0 Å². The Balaban J connectivity index is 1.62. The number of carbonyl (C=O) groups is 1. The van der Waals surface area contributed by atoms with Crippen molar-refractivity contribution in [2.75, 3.05) is 25.0 Å². The minimum atomic E-state index is 0.142. The van der Waals surface area contributed by atoms with Crippen molar-refractivity contribution in [3.05, 3.63) is 40.5 Å². The average Bonchev–Trinajstić information content (AvgIpc) is 3.00. The van der Waals surface area contributed by atoms with Crippen molar-refractivity contribution < 1.29 is 4.79 Å². The first-order valence-electron chi connectivity index (χ1n) is 7.96. The van der Waals surface area contributed by atoms with Crippen LogP contribution in [0.3, 0.4) is 0 Å². The summed E-state index contributed by atoms with van der Waals surface area (Å²) in [7, 11) is 1.91. The third-order valence-electron chi connectivity index (χ3n) is 4.31. The minimum absolute atomic E-state index is 0.142. The molecular weight excluding hydrogens is 308 g/mol. The molecule has 3 rings (SSSR count). The van der Waals surface area contributed by atoms with Crippen molar-refractivity contribution in [2.45, 2.75) is 32.2 Å². The summed E-state index contributed by atoms with van der Waals surface area (Å²) in [5.74, 6) is 1.14. The standard InChI is InChI=1S/C17H22N4OS/c1-13-19-14(12-23-13)10-17(22)20(2)15-6-5-9-21(11-15)16-7-3-4-8-18-16/h3-4,7-8,12,15H,5-6,9-11H2,1-2H3. The molecule has 0 aromatic carbocycles. The Bertz CT molecular complexity index is 658. The fraction of sp³-hybridized carbons (Fsp3) is 0.471. The zero-order chi connectivity index (χ0) is 16.2. The van der Waals surface area contributed by atoms with E-state index in [1.807, 2.05) is 48.6 Å². The Hall–Kier alpha value is -1.95. The summed E-state index contributed by atoms with van der Waals surface area (Å²) in [4.78, 5) is 25.5. The monoisotopic (exact) mass is 330 g/mol. The van der Waals surface area contributed by atoms with E-state index in [9.17, 15) is 4.79 Å². The van der Waals surface area contributed by atoms with Crippen molar-refractivity contribution in [3.8, 4) is 0 Å². The smallest absolute Gasteiger partial charge is 0.228 e. The highest BCUT2D eigenvalue weighted by Gasteiger charge is 2.26. The second-order valence-corrected chi connectivity index (χ2v) is 7.03. The van der Waals surface area contributed by atoms with Gasteiger partial charge in [-0.25, -0.2) is 9.97 Å². The summed E-state index contributed by atoms with van der Waals surface area (Å²) >= 11 is 1.59. The Morgan fingerprint density at radius 1 is 1.48 bits per heavy atom. The summed E-state index contributed by atoms with van der Waals surface area (Å²) in [6, 6.07) is 6.20. The highest BCUT2D eigenvalue weighted by atomic mass is 32.1. The Morgan fingerprint density at radius 2 is 2.35 bits per heavy atom. The van der Waals surface area contributed by atoms with Gasteiger partial charge in [-0.3, -0.25) is 4.79 Å². The maximum Gasteiger partial charge on any atom is 0.228 e. The van der Waals surface area contributed by atoms with Crippen LogP contribution in [0.15, 0.2) is 29.8 Å². The molecule has 6 heteroatoms. The number of piperidine rings is 1. The van der Waals surface area contributed by atoms with Gasteiger partial charge in [0.2, 0.25) is 5.91 Å². The molecule has 23 heavy (non-hydrogen) atoms. The molecule has 2 aromatic heterocycles. The van der Waals surface area contributed by atoms with Crippen LogP contribution in [-0.4, -0.2) is 47.0 Å². The van der Waals surface area contributed by atoms with Crippen molar-refractivity contribution in [1.82, 2.24) is 14.9 Å². The van der Waals surface area contributed by atoms with E-state index in [1.165, 1.54) is 0 Å². The van der Waals surface area contributed by atoms with E-state index in [0.717, 1.165) is 42.5 Å². The summed E-state index contributed by atoms with van der Waals surface area (Å²) in [5, 5.41) is 2.98. The highest BCUT2D eigenvalue weighted by molar-refractivity contribution is 7.09. The van der Waals surface area contributed by atoms with E-state index < -0.39 is 0 Å². The molecule has 0 spiro atoms. The molecule has 122 valence electrons. The molecule has 2 aromatic rings. The third kappa shape index (κ3) is 3.88. The van der Waals surface area contributed by atoms with Crippen LogP contribution in [0.5, 0.6) is 0 Å². The van der Waals surface area contributed by atoms with Gasteiger partial charge >= 0.3 is 0 Å². The number of pyridine rings is 1. The van der Waals surface area contributed by atoms with Crippen LogP contribution in [0.25, 0.3) is 0 Å². The van der Waals surface area contributed by atoms with Gasteiger partial charge in [0.05, 0.1) is 17.1 Å². The minimum Gasteiger partial charge on any atom is -0.355 e. The molecule has 3 heterocycles. The van der Waals surface area contributed by atoms with Gasteiger partial charge in [0.15, 0.2) is 0 Å². The summed E-state index contributed by atoms with van der Waals surface area (Å²) in [6.45, 7) is 3.81. The normalized spacial score (nSPS) is 18.0. The fourth-order valence-electron chi connectivity index (χ4n) is 2.99. The molecule has 1 fully saturated rings. The maximum absolute atomic E-state index is 12.5. The molecular formula is C17H22N4OS. The summed E-state index contributed by atoms with van der Waals surface area (Å²) < 4.78 is 0. The number of aromatic nitrogens is 2. The van der Waals surface area contributed by atoms with Crippen molar-refractivity contribution in [3.63, 3.8) is 0 Å². The molecule has 1 saturated heterocycles. The van der Waals surface area contributed by atoms with Crippen LogP contribution in [0.1, 0.15) is 23.5 Å². The van der Waals surface area contributed by atoms with Crippen molar-refractivity contribution in [1.29, 1.82) is 0 Å². The second-order valence-electron chi connectivity index (χ2n) is 5.97. The predicted molar refractivity (Wildman–Crippen MR) is 92.8 cm³/mol. The molecule has 1 aliphatic heterocycles. The van der Waals surface area contributed by atoms with Crippen LogP contribution in [-0.2, 0) is 11.2 Å². The zero-order valence-corrected chi connectivity index (χ0v) is 14.4. The first-order valence-corrected chi connectivity index (χ1v) is 8.84. The van der Waals surface area contributed by atoms with E-state index >= 15 is 0 Å². The van der Waals surface area contributed by atoms with E-state index in [0.29, 0.717) is 6.42 Å². The van der Waals surface area contributed by atoms with Gasteiger partial charge in [-0.05, 0) is 31.9 Å². The maximum atomic E-state index is 12.5. The number of rotatable bonds is 4. The predicted octanol–water partition coefficient (Wildman–Crippen LogP) is 2.52. The molecule has 1 amide bonds. The highest BCUT2D eigenvalue weighted by Crippen LogP contribution is 2.20. The molecule has 0 radical (unpaired) electrons. The van der Waals surface area contributed by atoms with E-state index in [1.54, 1.807) is 11.3 Å². The number of carbonyl (C=O) groups excluding carboxylic acids is 1. The first-order chi connectivity index (χ1) is 11.1. The van der Waals surface area contributed by atoms with Gasteiger partial charge in [0, 0.05) is 37.8 Å². The van der Waals surface area contributed by atoms with Crippen LogP contribution < -0.4 is 4.90 Å². The SMILES string of the molecule is Cc1nc(CC(=O)N(C)C2CCCN(c3ccccn3)C2)cs1. The van der Waals surface area contributed by atoms with Crippen molar-refractivity contribution >= 4 is 23.1 Å². The largest absolute Gasteiger partial charge is 0.355 e. The van der Waals surface area contributed by atoms with Gasteiger partial charge in [-0.1, -0.05) is 6.07 Å². The lowest BCUT2D eigenvalue weighted by molar-refractivity contribution is -0.131. The lowest BCUT2D eigenvalue weighted by Crippen LogP contribution is -2.49. The lowest BCUT2D eigenvalue weighted by Gasteiger charge is -2.38. The number of nitrogens with zero attached hydrogens (tertiary/aromatic N) is 4. The molecule has 0 saturated carbocycles. The lowest BCUT2D eigenvalue weighted by atomic mass is 10.0. The molecule has 1 unspecified atom stereocenters. The number of anilines is 1. The molecule has 1 atom stereocenters. The Kier molecular flexibility index (Phi) is 4.91. The van der Waals surface area contributed by atoms with Gasteiger partial charge in [0.25, 0.3) is 0 Å². The number of thiazole rings is 1. The van der Waals surface area contributed by atoms with E-state index in [4.69, 9.17) is 0 Å². The fourth-order valence-corrected chi connectivity index (χ4v) is 3.61. The van der Waals surface area contributed by atoms with Gasteiger partial charge in [0.1, 0.15) is 5.82 Å². The first kappa shape index (κ1) is 15.9. The van der Waals surface area contributed by atoms with Crippen LogP contribution >= 0.6 is 11.3 Å². The number of hydrogen-bond acceptors (Lipinski definition) is 5. The average molecular weight is 330 g/mol. The van der Waals surface area contributed by atoms with Gasteiger partial charge < -0.3 is 9.80 Å². The van der Waals surface area contributed by atoms with E-state index in [-0.39, 0.29) is 11.9 Å². The quantitative estimate of drug-likeness (QED) is 0.864.